The minimum Gasteiger partial charge on any atom is -0.756 e. The van der Waals surface area contributed by atoms with E-state index in [-0.39, 0.29) is 29.0 Å². The number of nitrogens with zero attached hydrogens (tertiary/aromatic N) is 5. The van der Waals surface area contributed by atoms with Gasteiger partial charge in [-0.1, -0.05) is 6.08 Å². The van der Waals surface area contributed by atoms with Gasteiger partial charge in [-0.25, -0.2) is 19.3 Å². The third kappa shape index (κ3) is 8.17. The van der Waals surface area contributed by atoms with E-state index in [0.717, 1.165) is 17.2 Å². The molecule has 0 spiro atoms. The number of nitrogen functional groups attached to an aromatic ring is 1. The molecular formula is C21H27N7O17P3-3. The van der Waals surface area contributed by atoms with Crippen LogP contribution in [0.5, 0.6) is 0 Å². The molecule has 2 aromatic heterocycles. The van der Waals surface area contributed by atoms with E-state index in [9.17, 15) is 53.4 Å². The molecule has 0 radical (unpaired) electrons. The molecule has 2 aromatic rings. The zero-order valence-corrected chi connectivity index (χ0v) is 26.6. The summed E-state index contributed by atoms with van der Waals surface area (Å²) in [5.74, 6) is -0.834. The minimum absolute atomic E-state index is 0.0324. The molecule has 266 valence electrons. The molecule has 3 unspecified atom stereocenters. The van der Waals surface area contributed by atoms with Gasteiger partial charge in [0.1, 0.15) is 48.5 Å². The summed E-state index contributed by atoms with van der Waals surface area (Å²) >= 11 is 0. The second-order valence-corrected chi connectivity index (χ2v) is 14.5. The number of primary amides is 1. The number of rotatable bonds is 13. The van der Waals surface area contributed by atoms with Crippen LogP contribution >= 0.6 is 23.5 Å². The van der Waals surface area contributed by atoms with E-state index < -0.39 is 91.7 Å². The SMILES string of the molecule is NC(=O)C1=CN([C@@H]2O[C@H](COP(=O)([O-])OP(=O)([O-])OC[C@H]3O[C@@H](n4cnc5c(N)ncnc54)[C@H](OP(=O)([O-])O)[C@@H]3O)[C@@H](O)[C@H]2O)C=CC1. The molecule has 2 fully saturated rings. The Labute approximate surface area is 268 Å². The average molecular weight is 742 g/mol. The zero-order valence-electron chi connectivity index (χ0n) is 24.0. The number of phosphoric ester groups is 3. The molecule has 5 rings (SSSR count). The first-order valence-corrected chi connectivity index (χ1v) is 17.8. The summed E-state index contributed by atoms with van der Waals surface area (Å²) in [4.78, 5) is 69.9. The molecule has 5 heterocycles. The Morgan fingerprint density at radius 3 is 2.23 bits per heavy atom. The summed E-state index contributed by atoms with van der Waals surface area (Å²) in [6.07, 6.45) is -7.15. The van der Waals surface area contributed by atoms with Gasteiger partial charge in [0.2, 0.25) is 5.91 Å². The van der Waals surface area contributed by atoms with Crippen molar-refractivity contribution >= 4 is 46.4 Å². The van der Waals surface area contributed by atoms with Gasteiger partial charge in [0.15, 0.2) is 23.9 Å². The molecule has 1 amide bonds. The van der Waals surface area contributed by atoms with E-state index in [4.69, 9.17) is 20.9 Å². The number of nitrogens with two attached hydrogens (primary N) is 2. The third-order valence-corrected chi connectivity index (χ3v) is 10.1. The van der Waals surface area contributed by atoms with Gasteiger partial charge < -0.3 is 74.3 Å². The summed E-state index contributed by atoms with van der Waals surface area (Å²) in [7, 11) is -17.2. The average Bonchev–Trinajstić information content (AvgIpc) is 3.64. The molecule has 2 saturated heterocycles. The number of fused-ring (bicyclic) bond motifs is 1. The predicted octanol–water partition coefficient (Wildman–Crippen LogP) is -4.47. The standard InChI is InChI=1S/C21H30N7O17P3/c22-17-12-19(25-7-24-17)28(8-26-12)21-16(44-46(33,34)35)14(30)11(43-21)6-41-48(38,39)45-47(36,37)40-5-10-13(29)15(31)20(42-10)27-3-1-2-9(4-27)18(23)32/h1,3-4,7-8,10-11,13-16,20-21,29-31H,2,5-6H2,(H2,23,32)(H,36,37)(H,38,39)(H2,22,24,25)(H2,33,34,35)/p-3/t10-,11-,13-,14-,15-,16-,20-,21-/m1/s1. The number of allylic oxidation sites excluding steroid dienone is 1. The van der Waals surface area contributed by atoms with Gasteiger partial charge in [0.25, 0.3) is 23.5 Å². The van der Waals surface area contributed by atoms with Gasteiger partial charge in [-0.3, -0.25) is 23.1 Å². The van der Waals surface area contributed by atoms with Gasteiger partial charge in [-0.05, 0) is 6.42 Å². The van der Waals surface area contributed by atoms with Crippen molar-refractivity contribution < 1.29 is 80.7 Å². The smallest absolute Gasteiger partial charge is 0.274 e. The number of aliphatic hydroxyl groups is 3. The largest absolute Gasteiger partial charge is 0.756 e. The highest BCUT2D eigenvalue weighted by atomic mass is 31.3. The van der Waals surface area contributed by atoms with E-state index in [1.165, 1.54) is 23.4 Å². The van der Waals surface area contributed by atoms with Crippen LogP contribution in [0.15, 0.2) is 36.7 Å². The Morgan fingerprint density at radius 2 is 1.60 bits per heavy atom. The number of hydrogen-bond donors (Lipinski definition) is 6. The number of ether oxygens (including phenoxy) is 2. The second-order valence-electron chi connectivity index (χ2n) is 10.3. The van der Waals surface area contributed by atoms with Crippen molar-refractivity contribution in [3.8, 4) is 0 Å². The first-order valence-electron chi connectivity index (χ1n) is 13.4. The van der Waals surface area contributed by atoms with Crippen molar-refractivity contribution in [1.82, 2.24) is 24.4 Å². The summed E-state index contributed by atoms with van der Waals surface area (Å²) in [6, 6.07) is 0. The number of aromatic nitrogens is 4. The van der Waals surface area contributed by atoms with E-state index >= 15 is 0 Å². The Kier molecular flexibility index (Phi) is 10.6. The van der Waals surface area contributed by atoms with Gasteiger partial charge in [0, 0.05) is 18.0 Å². The number of phosphoric acid groups is 3. The van der Waals surface area contributed by atoms with E-state index in [0.29, 0.717) is 0 Å². The highest BCUT2D eigenvalue weighted by Gasteiger charge is 2.49. The molecule has 48 heavy (non-hydrogen) atoms. The van der Waals surface area contributed by atoms with Gasteiger partial charge in [-0.2, -0.15) is 0 Å². The van der Waals surface area contributed by atoms with Crippen molar-refractivity contribution in [2.75, 3.05) is 18.9 Å². The van der Waals surface area contributed by atoms with Crippen LogP contribution in [-0.2, 0) is 45.8 Å². The number of carbonyl (C=O) groups is 1. The Hall–Kier alpha value is -2.73. The van der Waals surface area contributed by atoms with Crippen LogP contribution in [0.2, 0.25) is 0 Å². The maximum Gasteiger partial charge on any atom is 0.274 e. The molecule has 3 aliphatic heterocycles. The fraction of sp³-hybridized carbons (Fsp3) is 0.524. The second kappa shape index (κ2) is 13.9. The van der Waals surface area contributed by atoms with Crippen molar-refractivity contribution in [2.24, 2.45) is 5.73 Å². The molecule has 27 heteroatoms. The van der Waals surface area contributed by atoms with Gasteiger partial charge in [0.05, 0.1) is 19.5 Å². The van der Waals surface area contributed by atoms with Gasteiger partial charge >= 0.3 is 0 Å². The number of anilines is 1. The topological polar surface area (TPSA) is 373 Å². The monoisotopic (exact) mass is 742 g/mol. The van der Waals surface area contributed by atoms with Crippen LogP contribution in [-0.4, -0.2) is 107 Å². The van der Waals surface area contributed by atoms with Crippen molar-refractivity contribution in [2.45, 2.75) is 55.5 Å². The number of amides is 1. The first-order chi connectivity index (χ1) is 22.4. The normalized spacial score (nSPS) is 32.9. The van der Waals surface area contributed by atoms with Crippen LogP contribution in [0.25, 0.3) is 11.2 Å². The Morgan fingerprint density at radius 1 is 0.979 bits per heavy atom. The molecular weight excluding hydrogens is 715 g/mol. The summed E-state index contributed by atoms with van der Waals surface area (Å²) < 4.78 is 65.9. The van der Waals surface area contributed by atoms with E-state index in [1.807, 2.05) is 0 Å². The van der Waals surface area contributed by atoms with Crippen LogP contribution in [0.3, 0.4) is 0 Å². The maximum atomic E-state index is 12.4. The quantitative estimate of drug-likeness (QED) is 0.105. The summed E-state index contributed by atoms with van der Waals surface area (Å²) in [5, 5.41) is 31.4. The molecule has 8 N–H and O–H groups in total. The third-order valence-electron chi connectivity index (χ3n) is 7.09. The van der Waals surface area contributed by atoms with Crippen LogP contribution in [0.4, 0.5) is 5.82 Å². The van der Waals surface area contributed by atoms with Crippen molar-refractivity contribution in [1.29, 1.82) is 0 Å². The zero-order chi connectivity index (χ0) is 35.2. The van der Waals surface area contributed by atoms with Crippen LogP contribution in [0.1, 0.15) is 12.6 Å². The lowest BCUT2D eigenvalue weighted by atomic mass is 10.1. The number of aliphatic hydroxyl groups excluding tert-OH is 3. The highest BCUT2D eigenvalue weighted by Crippen LogP contribution is 2.56. The van der Waals surface area contributed by atoms with E-state index in [2.05, 4.69) is 32.8 Å². The number of imidazole rings is 1. The Bertz CT molecular complexity index is 1740. The molecule has 11 atom stereocenters. The fourth-order valence-corrected chi connectivity index (χ4v) is 7.47. The Balaban J connectivity index is 1.20. The molecule has 24 nitrogen and oxygen atoms in total. The molecule has 0 bridgehead atoms. The number of hydrogen-bond acceptors (Lipinski definition) is 21. The van der Waals surface area contributed by atoms with Crippen LogP contribution in [0, 0.1) is 0 Å². The molecule has 3 aliphatic rings. The molecule has 0 saturated carbocycles. The fourth-order valence-electron chi connectivity index (χ4n) is 4.92. The lowest BCUT2D eigenvalue weighted by molar-refractivity contribution is -0.247. The maximum absolute atomic E-state index is 12.4. The summed E-state index contributed by atoms with van der Waals surface area (Å²) in [6.45, 7) is -2.23. The predicted molar refractivity (Wildman–Crippen MR) is 146 cm³/mol. The lowest BCUT2D eigenvalue weighted by Crippen LogP contribution is -2.40. The minimum atomic E-state index is -5.84. The van der Waals surface area contributed by atoms with E-state index in [1.54, 1.807) is 0 Å². The lowest BCUT2D eigenvalue weighted by Gasteiger charge is -2.32. The van der Waals surface area contributed by atoms with Crippen LogP contribution < -0.4 is 26.1 Å². The van der Waals surface area contributed by atoms with Gasteiger partial charge in [-0.15, -0.1) is 0 Å². The first kappa shape index (κ1) is 36.5. The number of carbonyl (C=O) groups excluding carboxylic acids is 1. The molecule has 0 aromatic carbocycles. The summed E-state index contributed by atoms with van der Waals surface area (Å²) in [5.41, 5.74) is 11.1. The highest BCUT2D eigenvalue weighted by molar-refractivity contribution is 7.59. The van der Waals surface area contributed by atoms with Crippen molar-refractivity contribution in [3.05, 3.63) is 36.7 Å². The van der Waals surface area contributed by atoms with Crippen molar-refractivity contribution in [3.63, 3.8) is 0 Å². The molecule has 0 aliphatic carbocycles.